The normalized spacial score (nSPS) is 13.5. The van der Waals surface area contributed by atoms with Gasteiger partial charge in [-0.2, -0.15) is 0 Å². The summed E-state index contributed by atoms with van der Waals surface area (Å²) < 4.78 is 11.0. The van der Waals surface area contributed by atoms with Gasteiger partial charge in [-0.1, -0.05) is 0 Å². The lowest BCUT2D eigenvalue weighted by Gasteiger charge is -2.22. The predicted octanol–water partition coefficient (Wildman–Crippen LogP) is 2.77. The highest BCUT2D eigenvalue weighted by Gasteiger charge is 2.24. The van der Waals surface area contributed by atoms with E-state index in [1.165, 1.54) is 0 Å². The summed E-state index contributed by atoms with van der Waals surface area (Å²) >= 11 is 3.34. The standard InChI is InChI=1S/C16H18BrNO4/c1-16(20,9-12-4-3-7-22-12)10-18-15(19)13-8-11(21-2)5-6-14(13)17/h3-8,20H,9-10H2,1-2H3,(H,18,19). The summed E-state index contributed by atoms with van der Waals surface area (Å²) in [5.74, 6) is 0.975. The maximum Gasteiger partial charge on any atom is 0.252 e. The Hall–Kier alpha value is -1.79. The maximum atomic E-state index is 12.3. The minimum absolute atomic E-state index is 0.107. The van der Waals surface area contributed by atoms with Crippen LogP contribution >= 0.6 is 15.9 Å². The quantitative estimate of drug-likeness (QED) is 0.823. The lowest BCUT2D eigenvalue weighted by molar-refractivity contribution is 0.0510. The van der Waals surface area contributed by atoms with E-state index in [1.54, 1.807) is 50.6 Å². The second-order valence-electron chi connectivity index (χ2n) is 5.28. The fourth-order valence-corrected chi connectivity index (χ4v) is 2.45. The molecular weight excluding hydrogens is 350 g/mol. The van der Waals surface area contributed by atoms with Crippen molar-refractivity contribution >= 4 is 21.8 Å². The number of amides is 1. The lowest BCUT2D eigenvalue weighted by atomic mass is 10.0. The summed E-state index contributed by atoms with van der Waals surface area (Å²) in [6.07, 6.45) is 1.87. The molecule has 0 saturated carbocycles. The topological polar surface area (TPSA) is 71.7 Å². The zero-order valence-corrected chi connectivity index (χ0v) is 14.0. The Labute approximate surface area is 137 Å². The number of benzene rings is 1. The van der Waals surface area contributed by atoms with Crippen molar-refractivity contribution in [3.8, 4) is 5.75 Å². The van der Waals surface area contributed by atoms with Gasteiger partial charge in [0.2, 0.25) is 0 Å². The third-order valence-corrected chi connectivity index (χ3v) is 3.87. The molecule has 2 rings (SSSR count). The molecule has 0 fully saturated rings. The van der Waals surface area contributed by atoms with E-state index in [9.17, 15) is 9.90 Å². The Morgan fingerprint density at radius 2 is 2.23 bits per heavy atom. The van der Waals surface area contributed by atoms with Crippen LogP contribution in [0, 0.1) is 0 Å². The smallest absolute Gasteiger partial charge is 0.252 e. The van der Waals surface area contributed by atoms with Gasteiger partial charge in [-0.05, 0) is 53.2 Å². The number of rotatable bonds is 6. The van der Waals surface area contributed by atoms with Crippen LogP contribution in [0.3, 0.4) is 0 Å². The number of furan rings is 1. The van der Waals surface area contributed by atoms with E-state index in [1.807, 2.05) is 0 Å². The van der Waals surface area contributed by atoms with Crippen molar-refractivity contribution in [1.29, 1.82) is 0 Å². The van der Waals surface area contributed by atoms with Crippen LogP contribution in [0.25, 0.3) is 0 Å². The van der Waals surface area contributed by atoms with E-state index in [2.05, 4.69) is 21.2 Å². The average molecular weight is 368 g/mol. The van der Waals surface area contributed by atoms with Crippen molar-refractivity contribution in [2.45, 2.75) is 18.9 Å². The molecule has 1 unspecified atom stereocenters. The summed E-state index contributed by atoms with van der Waals surface area (Å²) in [5.41, 5.74) is -0.646. The number of carbonyl (C=O) groups is 1. The van der Waals surface area contributed by atoms with Crippen LogP contribution in [0.4, 0.5) is 0 Å². The van der Waals surface area contributed by atoms with Crippen LogP contribution in [0.5, 0.6) is 5.75 Å². The number of halogens is 1. The first kappa shape index (κ1) is 16.6. The summed E-state index contributed by atoms with van der Waals surface area (Å²) in [7, 11) is 1.54. The van der Waals surface area contributed by atoms with Gasteiger partial charge < -0.3 is 19.6 Å². The van der Waals surface area contributed by atoms with Gasteiger partial charge in [0.15, 0.2) is 0 Å². The third-order valence-electron chi connectivity index (χ3n) is 3.18. The summed E-state index contributed by atoms with van der Waals surface area (Å²) in [6, 6.07) is 8.69. The molecule has 2 aromatic rings. The minimum atomic E-state index is -1.10. The number of nitrogens with one attached hydrogen (secondary N) is 1. The molecule has 0 aliphatic heterocycles. The molecule has 1 aromatic carbocycles. The largest absolute Gasteiger partial charge is 0.497 e. The van der Waals surface area contributed by atoms with Crippen molar-refractivity contribution in [2.75, 3.05) is 13.7 Å². The summed E-state index contributed by atoms with van der Waals surface area (Å²) in [4.78, 5) is 12.3. The van der Waals surface area contributed by atoms with E-state index in [0.29, 0.717) is 28.0 Å². The monoisotopic (exact) mass is 367 g/mol. The summed E-state index contributed by atoms with van der Waals surface area (Å²) in [6.45, 7) is 1.76. The highest BCUT2D eigenvalue weighted by molar-refractivity contribution is 9.10. The Balaban J connectivity index is 2.00. The van der Waals surface area contributed by atoms with E-state index < -0.39 is 5.60 Å². The molecule has 118 valence electrons. The van der Waals surface area contributed by atoms with Gasteiger partial charge in [0.25, 0.3) is 5.91 Å². The van der Waals surface area contributed by atoms with E-state index in [-0.39, 0.29) is 12.5 Å². The van der Waals surface area contributed by atoms with E-state index >= 15 is 0 Å². The van der Waals surface area contributed by atoms with Crippen molar-refractivity contribution in [3.05, 3.63) is 52.4 Å². The van der Waals surface area contributed by atoms with Crippen LogP contribution in [0.2, 0.25) is 0 Å². The Kier molecular flexibility index (Phi) is 5.26. The molecule has 0 bridgehead atoms. The van der Waals surface area contributed by atoms with Gasteiger partial charge >= 0.3 is 0 Å². The van der Waals surface area contributed by atoms with Gasteiger partial charge in [-0.15, -0.1) is 0 Å². The third kappa shape index (κ3) is 4.35. The van der Waals surface area contributed by atoms with Crippen molar-refractivity contribution in [2.24, 2.45) is 0 Å². The molecule has 0 saturated heterocycles. The fraction of sp³-hybridized carbons (Fsp3) is 0.312. The second-order valence-corrected chi connectivity index (χ2v) is 6.14. The Morgan fingerprint density at radius 3 is 2.86 bits per heavy atom. The van der Waals surface area contributed by atoms with Crippen molar-refractivity contribution in [1.82, 2.24) is 5.32 Å². The van der Waals surface area contributed by atoms with Gasteiger partial charge in [-0.25, -0.2) is 0 Å². The average Bonchev–Trinajstić information content (AvgIpc) is 2.97. The lowest BCUT2D eigenvalue weighted by Crippen LogP contribution is -2.42. The Bertz CT molecular complexity index is 638. The first-order valence-corrected chi connectivity index (χ1v) is 7.57. The van der Waals surface area contributed by atoms with Gasteiger partial charge in [0, 0.05) is 17.4 Å². The first-order valence-electron chi connectivity index (χ1n) is 6.78. The minimum Gasteiger partial charge on any atom is -0.497 e. The number of methoxy groups -OCH3 is 1. The molecule has 1 atom stereocenters. The highest BCUT2D eigenvalue weighted by Crippen LogP contribution is 2.22. The maximum absolute atomic E-state index is 12.3. The molecule has 22 heavy (non-hydrogen) atoms. The van der Waals surface area contributed by atoms with Crippen LogP contribution in [-0.2, 0) is 6.42 Å². The molecule has 1 amide bonds. The molecular formula is C16H18BrNO4. The molecule has 0 radical (unpaired) electrons. The van der Waals surface area contributed by atoms with Crippen LogP contribution in [0.15, 0.2) is 45.5 Å². The number of hydrogen-bond donors (Lipinski definition) is 2. The SMILES string of the molecule is COc1ccc(Br)c(C(=O)NCC(C)(O)Cc2ccco2)c1. The fourth-order valence-electron chi connectivity index (χ4n) is 2.02. The molecule has 6 heteroatoms. The molecule has 0 aliphatic carbocycles. The molecule has 5 nitrogen and oxygen atoms in total. The number of hydrogen-bond acceptors (Lipinski definition) is 4. The number of aliphatic hydroxyl groups is 1. The number of ether oxygens (including phenoxy) is 1. The second kappa shape index (κ2) is 6.98. The van der Waals surface area contributed by atoms with Gasteiger partial charge in [-0.3, -0.25) is 4.79 Å². The molecule has 1 heterocycles. The van der Waals surface area contributed by atoms with Crippen LogP contribution in [-0.4, -0.2) is 30.3 Å². The summed E-state index contributed by atoms with van der Waals surface area (Å²) in [5, 5.41) is 13.1. The predicted molar refractivity (Wildman–Crippen MR) is 86.1 cm³/mol. The van der Waals surface area contributed by atoms with E-state index in [0.717, 1.165) is 0 Å². The van der Waals surface area contributed by atoms with Gasteiger partial charge in [0.05, 0.1) is 24.5 Å². The molecule has 0 spiro atoms. The Morgan fingerprint density at radius 1 is 1.45 bits per heavy atom. The zero-order chi connectivity index (χ0) is 16.2. The van der Waals surface area contributed by atoms with Crippen LogP contribution in [0.1, 0.15) is 23.0 Å². The molecule has 1 aromatic heterocycles. The first-order chi connectivity index (χ1) is 10.4. The molecule has 2 N–H and O–H groups in total. The van der Waals surface area contributed by atoms with E-state index in [4.69, 9.17) is 9.15 Å². The zero-order valence-electron chi connectivity index (χ0n) is 12.4. The molecule has 0 aliphatic rings. The van der Waals surface area contributed by atoms with Crippen molar-refractivity contribution in [3.63, 3.8) is 0 Å². The highest BCUT2D eigenvalue weighted by atomic mass is 79.9. The van der Waals surface area contributed by atoms with Crippen LogP contribution < -0.4 is 10.1 Å². The van der Waals surface area contributed by atoms with Gasteiger partial charge in [0.1, 0.15) is 11.5 Å². The van der Waals surface area contributed by atoms with Crippen molar-refractivity contribution < 1.29 is 19.1 Å². The number of carbonyl (C=O) groups excluding carboxylic acids is 1.